The minimum absolute atomic E-state index is 0.303. The second kappa shape index (κ2) is 9.97. The summed E-state index contributed by atoms with van der Waals surface area (Å²) >= 11 is 0. The van der Waals surface area contributed by atoms with Crippen LogP contribution in [0.25, 0.3) is 27.6 Å². The molecule has 1 aromatic carbocycles. The van der Waals surface area contributed by atoms with Crippen molar-refractivity contribution in [3.8, 4) is 11.5 Å². The number of carbonyl (C=O) groups excluding carboxylic acids is 1. The molecule has 0 saturated carbocycles. The lowest BCUT2D eigenvalue weighted by atomic mass is 10.1. The third-order valence-electron chi connectivity index (χ3n) is 5.69. The quantitative estimate of drug-likeness (QED) is 0.262. The number of aromatic amines is 1. The zero-order chi connectivity index (χ0) is 26.8. The van der Waals surface area contributed by atoms with Gasteiger partial charge in [0.25, 0.3) is 5.56 Å². The number of amides is 2. The van der Waals surface area contributed by atoms with Crippen LogP contribution in [-0.2, 0) is 6.54 Å². The Hall–Kier alpha value is -5.32. The number of H-pyrrole nitrogens is 1. The number of aromatic nitrogens is 6. The third-order valence-corrected chi connectivity index (χ3v) is 5.69. The van der Waals surface area contributed by atoms with Crippen LogP contribution in [0.4, 0.5) is 16.3 Å². The summed E-state index contributed by atoms with van der Waals surface area (Å²) in [4.78, 5) is 40.6. The van der Waals surface area contributed by atoms with Crippen molar-refractivity contribution in [2.24, 2.45) is 0 Å². The summed E-state index contributed by atoms with van der Waals surface area (Å²) in [6, 6.07) is 9.99. The first-order chi connectivity index (χ1) is 18.3. The fraction of sp³-hybridized carbons (Fsp3) is 0.111. The van der Waals surface area contributed by atoms with E-state index in [9.17, 15) is 9.59 Å². The van der Waals surface area contributed by atoms with Gasteiger partial charge in [0.15, 0.2) is 11.4 Å². The number of pyridine rings is 2. The Morgan fingerprint density at radius 2 is 1.97 bits per heavy atom. The van der Waals surface area contributed by atoms with Crippen molar-refractivity contribution in [2.75, 3.05) is 10.6 Å². The average Bonchev–Trinajstić information content (AvgIpc) is 3.29. The Balaban J connectivity index is 1.45. The molecule has 0 saturated heterocycles. The van der Waals surface area contributed by atoms with Crippen molar-refractivity contribution in [2.45, 2.75) is 20.4 Å². The van der Waals surface area contributed by atoms with Crippen molar-refractivity contribution in [1.29, 1.82) is 0 Å². The van der Waals surface area contributed by atoms with Gasteiger partial charge in [0, 0.05) is 29.9 Å². The number of fused-ring (bicyclic) bond motifs is 2. The van der Waals surface area contributed by atoms with E-state index in [0.29, 0.717) is 63.0 Å². The van der Waals surface area contributed by atoms with Gasteiger partial charge in [-0.25, -0.2) is 19.4 Å². The Bertz CT molecular complexity index is 1790. The number of ether oxygens (including phenoxy) is 1. The van der Waals surface area contributed by atoms with E-state index in [-0.39, 0.29) is 5.56 Å². The molecular weight excluding hydrogens is 484 g/mol. The predicted molar refractivity (Wildman–Crippen MR) is 146 cm³/mol. The Labute approximate surface area is 216 Å². The van der Waals surface area contributed by atoms with Gasteiger partial charge in [0.1, 0.15) is 22.8 Å². The van der Waals surface area contributed by atoms with Crippen molar-refractivity contribution in [3.63, 3.8) is 0 Å². The zero-order valence-electron chi connectivity index (χ0n) is 20.8. The number of carbonyl (C=O) groups is 1. The maximum Gasteiger partial charge on any atom is 0.324 e. The van der Waals surface area contributed by atoms with Gasteiger partial charge in [-0.3, -0.25) is 15.1 Å². The molecule has 4 aromatic heterocycles. The van der Waals surface area contributed by atoms with Crippen LogP contribution >= 0.6 is 0 Å². The highest BCUT2D eigenvalue weighted by atomic mass is 16.5. The number of anilines is 2. The van der Waals surface area contributed by atoms with Gasteiger partial charge in [-0.1, -0.05) is 12.7 Å². The van der Waals surface area contributed by atoms with E-state index in [0.717, 1.165) is 5.57 Å². The first-order valence-electron chi connectivity index (χ1n) is 11.7. The number of benzene rings is 1. The zero-order valence-corrected chi connectivity index (χ0v) is 20.8. The second-order valence-corrected chi connectivity index (χ2v) is 8.52. The van der Waals surface area contributed by atoms with E-state index in [1.165, 1.54) is 6.20 Å². The number of urea groups is 1. The maximum absolute atomic E-state index is 12.9. The predicted octanol–water partition coefficient (Wildman–Crippen LogP) is 5.03. The molecule has 0 aliphatic heterocycles. The summed E-state index contributed by atoms with van der Waals surface area (Å²) in [5.74, 6) is 1.41. The maximum atomic E-state index is 12.9. The molecule has 0 spiro atoms. The lowest BCUT2D eigenvalue weighted by Crippen LogP contribution is -2.21. The summed E-state index contributed by atoms with van der Waals surface area (Å²) < 4.78 is 7.83. The van der Waals surface area contributed by atoms with Crippen molar-refractivity contribution in [1.82, 2.24) is 29.7 Å². The van der Waals surface area contributed by atoms with Gasteiger partial charge in [0.05, 0.1) is 23.4 Å². The summed E-state index contributed by atoms with van der Waals surface area (Å²) in [6.07, 6.45) is 4.85. The van der Waals surface area contributed by atoms with Crippen LogP contribution in [0.3, 0.4) is 0 Å². The number of nitrogens with one attached hydrogen (secondary N) is 3. The van der Waals surface area contributed by atoms with Crippen LogP contribution in [0.1, 0.15) is 18.3 Å². The number of nitrogens with zero attached hydrogens (tertiary/aromatic N) is 5. The Kier molecular flexibility index (Phi) is 6.40. The van der Waals surface area contributed by atoms with E-state index in [1.807, 2.05) is 13.0 Å². The minimum atomic E-state index is -0.465. The number of aryl methyl sites for hydroxylation is 1. The summed E-state index contributed by atoms with van der Waals surface area (Å²) in [7, 11) is 0. The molecule has 0 unspecified atom stereocenters. The standard InChI is InChI=1S/C27H24N8O3/c1-5-13-35-22(14-19(34-35)15(2)3)32-27(37)31-18-8-9-20(17-7-6-11-28-23(17)18)38-21-10-12-29-25-24(21)30-16(4)26(36)33-25/h5-12,14H,1-2,13H2,3-4H3,(H,29,33,36)(H2,31,32,37). The average molecular weight is 509 g/mol. The van der Waals surface area contributed by atoms with Gasteiger partial charge in [0.2, 0.25) is 0 Å². The van der Waals surface area contributed by atoms with Gasteiger partial charge >= 0.3 is 6.03 Å². The topological polar surface area (TPSA) is 140 Å². The highest BCUT2D eigenvalue weighted by Gasteiger charge is 2.16. The number of allylic oxidation sites excluding steroid dienone is 2. The molecule has 0 bridgehead atoms. The molecular formula is C27H24N8O3. The van der Waals surface area contributed by atoms with Crippen LogP contribution in [0, 0.1) is 6.92 Å². The van der Waals surface area contributed by atoms with E-state index >= 15 is 0 Å². The fourth-order valence-corrected chi connectivity index (χ4v) is 3.85. The number of hydrogen-bond acceptors (Lipinski definition) is 7. The van der Waals surface area contributed by atoms with E-state index < -0.39 is 6.03 Å². The number of rotatable bonds is 7. The van der Waals surface area contributed by atoms with Gasteiger partial charge in [-0.05, 0) is 43.7 Å². The molecule has 0 radical (unpaired) electrons. The molecule has 38 heavy (non-hydrogen) atoms. The second-order valence-electron chi connectivity index (χ2n) is 8.52. The monoisotopic (exact) mass is 508 g/mol. The van der Waals surface area contributed by atoms with E-state index in [4.69, 9.17) is 4.74 Å². The lowest BCUT2D eigenvalue weighted by Gasteiger charge is -2.14. The highest BCUT2D eigenvalue weighted by Crippen LogP contribution is 2.35. The van der Waals surface area contributed by atoms with Crippen molar-refractivity contribution in [3.05, 3.63) is 89.8 Å². The van der Waals surface area contributed by atoms with Crippen molar-refractivity contribution < 1.29 is 9.53 Å². The molecule has 0 fully saturated rings. The highest BCUT2D eigenvalue weighted by molar-refractivity contribution is 6.06. The van der Waals surface area contributed by atoms with Crippen LogP contribution in [-0.4, -0.2) is 35.7 Å². The molecule has 5 rings (SSSR count). The van der Waals surface area contributed by atoms with E-state index in [1.54, 1.807) is 54.2 Å². The van der Waals surface area contributed by atoms with Crippen molar-refractivity contribution >= 4 is 45.2 Å². The molecule has 190 valence electrons. The Morgan fingerprint density at radius 1 is 1.13 bits per heavy atom. The van der Waals surface area contributed by atoms with E-state index in [2.05, 4.69) is 48.8 Å². The minimum Gasteiger partial charge on any atom is -0.454 e. The first kappa shape index (κ1) is 24.4. The van der Waals surface area contributed by atoms with Crippen LogP contribution in [0.2, 0.25) is 0 Å². The molecule has 5 aromatic rings. The third kappa shape index (κ3) is 4.72. The summed E-state index contributed by atoms with van der Waals surface area (Å²) in [5, 5.41) is 10.8. The molecule has 4 heterocycles. The first-order valence-corrected chi connectivity index (χ1v) is 11.7. The van der Waals surface area contributed by atoms with Gasteiger partial charge in [-0.2, -0.15) is 5.10 Å². The van der Waals surface area contributed by atoms with Gasteiger partial charge in [-0.15, -0.1) is 6.58 Å². The van der Waals surface area contributed by atoms with Crippen LogP contribution in [0.5, 0.6) is 11.5 Å². The summed E-state index contributed by atoms with van der Waals surface area (Å²) in [6.45, 7) is 11.5. The SMILES string of the molecule is C=CCn1nc(C(=C)C)cc1NC(=O)Nc1ccc(Oc2ccnc3[nH]c(=O)c(C)nc23)c2cccnc12. The molecule has 11 heteroatoms. The van der Waals surface area contributed by atoms with Crippen LogP contribution < -0.4 is 20.9 Å². The molecule has 0 aliphatic rings. The fourth-order valence-electron chi connectivity index (χ4n) is 3.85. The Morgan fingerprint density at radius 3 is 2.76 bits per heavy atom. The molecule has 3 N–H and O–H groups in total. The lowest BCUT2D eigenvalue weighted by molar-refractivity contribution is 0.262. The molecule has 0 aliphatic carbocycles. The largest absolute Gasteiger partial charge is 0.454 e. The smallest absolute Gasteiger partial charge is 0.324 e. The normalized spacial score (nSPS) is 10.9. The molecule has 0 atom stereocenters. The molecule has 11 nitrogen and oxygen atoms in total. The number of hydrogen-bond donors (Lipinski definition) is 3. The van der Waals surface area contributed by atoms with Crippen LogP contribution in [0.15, 0.2) is 72.8 Å². The summed E-state index contributed by atoms with van der Waals surface area (Å²) in [5.41, 5.74) is 3.20. The molecule has 2 amide bonds. The van der Waals surface area contributed by atoms with Gasteiger partial charge < -0.3 is 15.0 Å².